The van der Waals surface area contributed by atoms with Gasteiger partial charge in [0.2, 0.25) is 5.91 Å². The van der Waals surface area contributed by atoms with Gasteiger partial charge in [0.05, 0.1) is 0 Å². The zero-order valence-corrected chi connectivity index (χ0v) is 13.9. The van der Waals surface area contributed by atoms with Crippen LogP contribution in [-0.4, -0.2) is 43.0 Å². The fraction of sp³-hybridized carbons (Fsp3) is 0.923. The molecule has 0 bridgehead atoms. The number of hydrogen-bond acceptors (Lipinski definition) is 3. The second-order valence-electron chi connectivity index (χ2n) is 5.51. The lowest BCUT2D eigenvalue weighted by Gasteiger charge is -2.22. The van der Waals surface area contributed by atoms with E-state index < -0.39 is 0 Å². The lowest BCUT2D eigenvalue weighted by atomic mass is 10.0. The molecule has 1 rings (SSSR count). The molecule has 3 atom stereocenters. The van der Waals surface area contributed by atoms with Crippen molar-refractivity contribution in [3.8, 4) is 0 Å². The maximum Gasteiger partial charge on any atom is 0.224 e. The normalized spacial score (nSPS) is 19.8. The average molecular weight is 314 g/mol. The SMILES string of the molecule is CC(CNC(=O)C(C)C(C)N)CN1CCCC1.Cl.Cl. The lowest BCUT2D eigenvalue weighted by Crippen LogP contribution is -2.41. The van der Waals surface area contributed by atoms with Crippen LogP contribution >= 0.6 is 24.8 Å². The Hall–Kier alpha value is -0.0300. The van der Waals surface area contributed by atoms with E-state index in [2.05, 4.69) is 17.1 Å². The van der Waals surface area contributed by atoms with Crippen LogP contribution in [0.15, 0.2) is 0 Å². The van der Waals surface area contributed by atoms with Gasteiger partial charge < -0.3 is 16.0 Å². The Morgan fingerprint density at radius 3 is 2.21 bits per heavy atom. The second kappa shape index (κ2) is 10.7. The largest absolute Gasteiger partial charge is 0.356 e. The minimum absolute atomic E-state index is 0. The highest BCUT2D eigenvalue weighted by Gasteiger charge is 2.18. The number of carbonyl (C=O) groups is 1. The Balaban J connectivity index is 0. The van der Waals surface area contributed by atoms with Gasteiger partial charge in [0.25, 0.3) is 0 Å². The predicted octanol–water partition coefficient (Wildman–Crippen LogP) is 1.66. The molecule has 0 aromatic rings. The van der Waals surface area contributed by atoms with Crippen molar-refractivity contribution in [1.82, 2.24) is 10.2 Å². The number of hydrogen-bond donors (Lipinski definition) is 2. The summed E-state index contributed by atoms with van der Waals surface area (Å²) in [5.74, 6) is 0.486. The first-order valence-corrected chi connectivity index (χ1v) is 6.76. The smallest absolute Gasteiger partial charge is 0.224 e. The monoisotopic (exact) mass is 313 g/mol. The summed E-state index contributed by atoms with van der Waals surface area (Å²) in [6.07, 6.45) is 2.64. The van der Waals surface area contributed by atoms with Crippen molar-refractivity contribution >= 4 is 30.7 Å². The number of nitrogens with zero attached hydrogens (tertiary/aromatic N) is 1. The number of halogens is 2. The molecule has 116 valence electrons. The van der Waals surface area contributed by atoms with Crippen molar-refractivity contribution in [2.24, 2.45) is 17.6 Å². The predicted molar refractivity (Wildman–Crippen MR) is 85.2 cm³/mol. The van der Waals surface area contributed by atoms with Crippen molar-refractivity contribution in [2.45, 2.75) is 39.7 Å². The highest BCUT2D eigenvalue weighted by Crippen LogP contribution is 2.10. The van der Waals surface area contributed by atoms with Crippen molar-refractivity contribution in [3.05, 3.63) is 0 Å². The summed E-state index contributed by atoms with van der Waals surface area (Å²) in [4.78, 5) is 14.2. The van der Waals surface area contributed by atoms with Crippen LogP contribution in [-0.2, 0) is 4.79 Å². The first kappa shape index (κ1) is 21.3. The van der Waals surface area contributed by atoms with Gasteiger partial charge in [0, 0.05) is 25.0 Å². The van der Waals surface area contributed by atoms with Gasteiger partial charge in [-0.05, 0) is 38.8 Å². The number of nitrogens with one attached hydrogen (secondary N) is 1. The highest BCUT2D eigenvalue weighted by molar-refractivity contribution is 5.85. The van der Waals surface area contributed by atoms with Crippen LogP contribution in [0.5, 0.6) is 0 Å². The number of carbonyl (C=O) groups excluding carboxylic acids is 1. The molecule has 1 heterocycles. The highest BCUT2D eigenvalue weighted by atomic mass is 35.5. The third-order valence-electron chi connectivity index (χ3n) is 3.60. The fourth-order valence-corrected chi connectivity index (χ4v) is 2.15. The Labute approximate surface area is 129 Å². The van der Waals surface area contributed by atoms with E-state index in [9.17, 15) is 4.79 Å². The summed E-state index contributed by atoms with van der Waals surface area (Å²) >= 11 is 0. The second-order valence-corrected chi connectivity index (χ2v) is 5.51. The number of rotatable bonds is 6. The van der Waals surface area contributed by atoms with E-state index in [4.69, 9.17) is 5.73 Å². The molecule has 4 nitrogen and oxygen atoms in total. The Morgan fingerprint density at radius 2 is 1.74 bits per heavy atom. The standard InChI is InChI=1S/C13H27N3O.2ClH/c1-10(9-16-6-4-5-7-16)8-15-13(17)11(2)12(3)14;;/h10-12H,4-9,14H2,1-3H3,(H,15,17);2*1H. The van der Waals surface area contributed by atoms with Gasteiger partial charge in [-0.15, -0.1) is 24.8 Å². The average Bonchev–Trinajstić information content (AvgIpc) is 2.77. The van der Waals surface area contributed by atoms with Crippen LogP contribution in [0.25, 0.3) is 0 Å². The Bertz CT molecular complexity index is 246. The molecule has 3 N–H and O–H groups in total. The van der Waals surface area contributed by atoms with Crippen LogP contribution in [0.1, 0.15) is 33.6 Å². The van der Waals surface area contributed by atoms with E-state index in [0.717, 1.165) is 13.1 Å². The topological polar surface area (TPSA) is 58.4 Å². The molecule has 0 saturated carbocycles. The summed E-state index contributed by atoms with van der Waals surface area (Å²) in [5, 5.41) is 2.99. The fourth-order valence-electron chi connectivity index (χ4n) is 2.15. The molecule has 0 aliphatic carbocycles. The summed E-state index contributed by atoms with van der Waals surface area (Å²) in [5.41, 5.74) is 5.71. The number of nitrogens with two attached hydrogens (primary N) is 1. The third kappa shape index (κ3) is 7.98. The van der Waals surface area contributed by atoms with E-state index in [1.54, 1.807) is 0 Å². The summed E-state index contributed by atoms with van der Waals surface area (Å²) in [6.45, 7) is 10.2. The van der Waals surface area contributed by atoms with Crippen molar-refractivity contribution in [3.63, 3.8) is 0 Å². The van der Waals surface area contributed by atoms with Gasteiger partial charge in [-0.25, -0.2) is 0 Å². The van der Waals surface area contributed by atoms with Crippen molar-refractivity contribution < 1.29 is 4.79 Å². The molecule has 1 saturated heterocycles. The summed E-state index contributed by atoms with van der Waals surface area (Å²) in [7, 11) is 0. The van der Waals surface area contributed by atoms with E-state index in [-0.39, 0.29) is 42.7 Å². The van der Waals surface area contributed by atoms with E-state index in [1.165, 1.54) is 25.9 Å². The minimum atomic E-state index is -0.103. The molecule has 19 heavy (non-hydrogen) atoms. The molecule has 1 fully saturated rings. The van der Waals surface area contributed by atoms with Gasteiger partial charge in [-0.1, -0.05) is 13.8 Å². The zero-order valence-electron chi connectivity index (χ0n) is 12.2. The van der Waals surface area contributed by atoms with Gasteiger partial charge in [0.1, 0.15) is 0 Å². The zero-order chi connectivity index (χ0) is 12.8. The molecule has 1 aliphatic heterocycles. The van der Waals surface area contributed by atoms with Crippen LogP contribution < -0.4 is 11.1 Å². The van der Waals surface area contributed by atoms with Crippen LogP contribution in [0.4, 0.5) is 0 Å². The molecule has 0 aromatic heterocycles. The van der Waals surface area contributed by atoms with Crippen LogP contribution in [0.3, 0.4) is 0 Å². The van der Waals surface area contributed by atoms with Gasteiger partial charge >= 0.3 is 0 Å². The first-order valence-electron chi connectivity index (χ1n) is 6.76. The number of likely N-dealkylation sites (tertiary alicyclic amines) is 1. The quantitative estimate of drug-likeness (QED) is 0.784. The molecular formula is C13H29Cl2N3O. The van der Waals surface area contributed by atoms with Gasteiger partial charge in [0.15, 0.2) is 0 Å². The summed E-state index contributed by atoms with van der Waals surface area (Å²) < 4.78 is 0. The molecular weight excluding hydrogens is 285 g/mol. The van der Waals surface area contributed by atoms with E-state index in [0.29, 0.717) is 5.92 Å². The molecule has 3 unspecified atom stereocenters. The minimum Gasteiger partial charge on any atom is -0.356 e. The van der Waals surface area contributed by atoms with Crippen LogP contribution in [0.2, 0.25) is 0 Å². The Morgan fingerprint density at radius 1 is 1.21 bits per heavy atom. The number of amides is 1. The Kier molecular flexibility index (Phi) is 12.0. The maximum atomic E-state index is 11.7. The lowest BCUT2D eigenvalue weighted by molar-refractivity contribution is -0.125. The van der Waals surface area contributed by atoms with E-state index >= 15 is 0 Å². The third-order valence-corrected chi connectivity index (χ3v) is 3.60. The van der Waals surface area contributed by atoms with Gasteiger partial charge in [-0.3, -0.25) is 4.79 Å². The molecule has 0 aromatic carbocycles. The van der Waals surface area contributed by atoms with Crippen LogP contribution in [0, 0.1) is 11.8 Å². The maximum absolute atomic E-state index is 11.7. The molecule has 0 spiro atoms. The molecule has 0 radical (unpaired) electrons. The first-order chi connectivity index (χ1) is 8.00. The summed E-state index contributed by atoms with van der Waals surface area (Å²) in [6, 6.07) is -0.0797. The van der Waals surface area contributed by atoms with E-state index in [1.807, 2.05) is 13.8 Å². The molecule has 1 aliphatic rings. The molecule has 1 amide bonds. The van der Waals surface area contributed by atoms with Crippen molar-refractivity contribution in [1.29, 1.82) is 0 Å². The van der Waals surface area contributed by atoms with Gasteiger partial charge in [-0.2, -0.15) is 0 Å². The van der Waals surface area contributed by atoms with Crippen molar-refractivity contribution in [2.75, 3.05) is 26.2 Å². The molecule has 6 heteroatoms.